The zero-order valence-corrected chi connectivity index (χ0v) is 14.7. The fourth-order valence-corrected chi connectivity index (χ4v) is 4.94. The summed E-state index contributed by atoms with van der Waals surface area (Å²) in [7, 11) is 0. The maximum absolute atomic E-state index is 12.6. The number of thioether (sulfide) groups is 1. The number of hydrogen-bond donors (Lipinski definition) is 0. The van der Waals surface area contributed by atoms with E-state index in [1.54, 1.807) is 0 Å². The van der Waals surface area contributed by atoms with Crippen LogP contribution in [-0.2, 0) is 4.79 Å². The normalized spacial score (nSPS) is 25.1. The van der Waals surface area contributed by atoms with Crippen molar-refractivity contribution in [2.45, 2.75) is 57.1 Å². The summed E-state index contributed by atoms with van der Waals surface area (Å²) in [5.74, 6) is 0.256. The molecule has 23 heavy (non-hydrogen) atoms. The van der Waals surface area contributed by atoms with Gasteiger partial charge in [0.1, 0.15) is 0 Å². The minimum absolute atomic E-state index is 0.114. The summed E-state index contributed by atoms with van der Waals surface area (Å²) in [6.07, 6.45) is 8.20. The number of amides is 1. The van der Waals surface area contributed by atoms with Gasteiger partial charge in [0.25, 0.3) is 5.91 Å². The average Bonchev–Trinajstić information content (AvgIpc) is 2.54. The van der Waals surface area contributed by atoms with E-state index in [4.69, 9.17) is 0 Å². The highest BCUT2D eigenvalue weighted by Gasteiger charge is 2.36. The number of aliphatic imine (C=N–C) groups is 1. The van der Waals surface area contributed by atoms with Gasteiger partial charge in [0, 0.05) is 17.5 Å². The van der Waals surface area contributed by atoms with E-state index in [2.05, 4.69) is 28.9 Å². The lowest BCUT2D eigenvalue weighted by molar-refractivity contribution is -0.122. The number of benzene rings is 1. The first kappa shape index (κ1) is 16.6. The molecular weight excluding hydrogens is 304 g/mol. The van der Waals surface area contributed by atoms with E-state index < -0.39 is 0 Å². The molecule has 0 radical (unpaired) electrons. The monoisotopic (exact) mass is 330 g/mol. The molecule has 0 N–H and O–H groups in total. The molecule has 1 amide bonds. The maximum atomic E-state index is 12.6. The van der Waals surface area contributed by atoms with Crippen molar-refractivity contribution in [3.8, 4) is 0 Å². The molecule has 1 heterocycles. The van der Waals surface area contributed by atoms with Gasteiger partial charge in [-0.3, -0.25) is 4.79 Å². The summed E-state index contributed by atoms with van der Waals surface area (Å²) >= 11 is 1.84. The highest BCUT2D eigenvalue weighted by molar-refractivity contribution is 8.14. The molecule has 3 rings (SSSR count). The van der Waals surface area contributed by atoms with Gasteiger partial charge in [0.05, 0.1) is 5.92 Å². The topological polar surface area (TPSA) is 32.7 Å². The van der Waals surface area contributed by atoms with Crippen LogP contribution in [-0.4, -0.2) is 22.9 Å². The summed E-state index contributed by atoms with van der Waals surface area (Å²) in [5.41, 5.74) is 1.14. The first-order valence-electron chi connectivity index (χ1n) is 8.91. The predicted molar refractivity (Wildman–Crippen MR) is 99.1 cm³/mol. The van der Waals surface area contributed by atoms with Crippen molar-refractivity contribution in [3.63, 3.8) is 0 Å². The number of hydrogen-bond acceptors (Lipinski definition) is 3. The van der Waals surface area contributed by atoms with E-state index in [1.165, 1.54) is 25.7 Å². The third-order valence-corrected chi connectivity index (χ3v) is 6.12. The van der Waals surface area contributed by atoms with E-state index in [0.717, 1.165) is 36.7 Å². The zero-order chi connectivity index (χ0) is 16.1. The quantitative estimate of drug-likeness (QED) is 0.792. The molecule has 2 atom stereocenters. The van der Waals surface area contributed by atoms with Gasteiger partial charge in [-0.1, -0.05) is 62.6 Å². The Morgan fingerprint density at radius 2 is 1.87 bits per heavy atom. The first-order valence-corrected chi connectivity index (χ1v) is 9.79. The van der Waals surface area contributed by atoms with Crippen LogP contribution in [0.15, 0.2) is 35.3 Å². The van der Waals surface area contributed by atoms with Crippen LogP contribution in [0.5, 0.6) is 0 Å². The molecule has 0 bridgehead atoms. The molecule has 0 aromatic heterocycles. The van der Waals surface area contributed by atoms with Crippen LogP contribution in [0, 0.1) is 5.92 Å². The number of anilines is 1. The molecule has 0 saturated heterocycles. The molecule has 3 nitrogen and oxygen atoms in total. The highest BCUT2D eigenvalue weighted by Crippen LogP contribution is 2.38. The predicted octanol–water partition coefficient (Wildman–Crippen LogP) is 4.87. The third kappa shape index (κ3) is 3.97. The van der Waals surface area contributed by atoms with Gasteiger partial charge in [-0.05, 0) is 31.4 Å². The second-order valence-corrected chi connectivity index (χ2v) is 7.68. The SMILES string of the molecule is CCCN(C1=NC(=O)C2CCCCCCC2S1)c1ccccc1. The van der Waals surface area contributed by atoms with Gasteiger partial charge in [0.15, 0.2) is 5.17 Å². The number of fused-ring (bicyclic) bond motifs is 1. The summed E-state index contributed by atoms with van der Waals surface area (Å²) in [4.78, 5) is 19.3. The Balaban J connectivity index is 1.85. The van der Waals surface area contributed by atoms with E-state index in [-0.39, 0.29) is 11.8 Å². The van der Waals surface area contributed by atoms with Crippen LogP contribution in [0.3, 0.4) is 0 Å². The van der Waals surface area contributed by atoms with E-state index in [1.807, 2.05) is 30.0 Å². The largest absolute Gasteiger partial charge is 0.321 e. The van der Waals surface area contributed by atoms with Crippen LogP contribution >= 0.6 is 11.8 Å². The standard InChI is InChI=1S/C19H26N2OS/c1-2-14-21(15-10-6-5-7-11-15)19-20-18(22)16-12-8-3-4-9-13-17(16)23-19/h5-7,10-11,16-17H,2-4,8-9,12-14H2,1H3. The lowest BCUT2D eigenvalue weighted by Crippen LogP contribution is -2.39. The first-order chi connectivity index (χ1) is 11.3. The molecule has 4 heteroatoms. The van der Waals surface area contributed by atoms with Crippen molar-refractivity contribution >= 4 is 28.5 Å². The van der Waals surface area contributed by atoms with Crippen LogP contribution in [0.2, 0.25) is 0 Å². The van der Waals surface area contributed by atoms with Crippen molar-refractivity contribution in [3.05, 3.63) is 30.3 Å². The lowest BCUT2D eigenvalue weighted by atomic mass is 9.90. The highest BCUT2D eigenvalue weighted by atomic mass is 32.2. The van der Waals surface area contributed by atoms with Gasteiger partial charge in [-0.25, -0.2) is 0 Å². The van der Waals surface area contributed by atoms with Crippen molar-refractivity contribution in [2.75, 3.05) is 11.4 Å². The van der Waals surface area contributed by atoms with Crippen molar-refractivity contribution in [2.24, 2.45) is 10.9 Å². The minimum Gasteiger partial charge on any atom is -0.321 e. The number of carbonyl (C=O) groups is 1. The summed E-state index contributed by atoms with van der Waals surface area (Å²) < 4.78 is 0. The number of amidine groups is 1. The third-order valence-electron chi connectivity index (χ3n) is 4.73. The number of nitrogens with zero attached hydrogens (tertiary/aromatic N) is 2. The second-order valence-electron chi connectivity index (χ2n) is 6.47. The van der Waals surface area contributed by atoms with Crippen molar-refractivity contribution < 1.29 is 4.79 Å². The summed E-state index contributed by atoms with van der Waals surface area (Å²) in [6.45, 7) is 3.07. The Labute approximate surface area is 143 Å². The molecule has 1 fully saturated rings. The van der Waals surface area contributed by atoms with Gasteiger partial charge in [-0.2, -0.15) is 4.99 Å². The number of rotatable bonds is 3. The Morgan fingerprint density at radius 1 is 1.13 bits per heavy atom. The van der Waals surface area contributed by atoms with Crippen LogP contribution < -0.4 is 4.90 Å². The van der Waals surface area contributed by atoms with Crippen molar-refractivity contribution in [1.29, 1.82) is 0 Å². The molecule has 1 aromatic rings. The number of carbonyl (C=O) groups excluding carboxylic acids is 1. The summed E-state index contributed by atoms with van der Waals surface area (Å²) in [6, 6.07) is 10.3. The number of para-hydroxylation sites is 1. The molecule has 124 valence electrons. The molecule has 0 spiro atoms. The molecule has 1 aliphatic heterocycles. The Morgan fingerprint density at radius 3 is 2.61 bits per heavy atom. The average molecular weight is 330 g/mol. The van der Waals surface area contributed by atoms with Gasteiger partial charge >= 0.3 is 0 Å². The Bertz CT molecular complexity index is 558. The van der Waals surface area contributed by atoms with E-state index in [0.29, 0.717) is 5.25 Å². The zero-order valence-electron chi connectivity index (χ0n) is 13.9. The molecule has 2 unspecified atom stereocenters. The minimum atomic E-state index is 0.114. The molecular formula is C19H26N2OS. The second kappa shape index (κ2) is 8.00. The van der Waals surface area contributed by atoms with E-state index >= 15 is 0 Å². The van der Waals surface area contributed by atoms with Crippen LogP contribution in [0.1, 0.15) is 51.9 Å². The van der Waals surface area contributed by atoms with Crippen LogP contribution in [0.25, 0.3) is 0 Å². The fraction of sp³-hybridized carbons (Fsp3) is 0.579. The summed E-state index contributed by atoms with van der Waals surface area (Å²) in [5, 5.41) is 1.32. The smallest absolute Gasteiger partial charge is 0.252 e. The lowest BCUT2D eigenvalue weighted by Gasteiger charge is -2.34. The van der Waals surface area contributed by atoms with Crippen molar-refractivity contribution in [1.82, 2.24) is 0 Å². The maximum Gasteiger partial charge on any atom is 0.252 e. The molecule has 1 aromatic carbocycles. The Hall–Kier alpha value is -1.29. The van der Waals surface area contributed by atoms with E-state index in [9.17, 15) is 4.79 Å². The van der Waals surface area contributed by atoms with Crippen LogP contribution in [0.4, 0.5) is 5.69 Å². The molecule has 2 aliphatic rings. The Kier molecular flexibility index (Phi) is 5.76. The molecule has 1 saturated carbocycles. The van der Waals surface area contributed by atoms with Gasteiger partial charge < -0.3 is 4.90 Å². The molecule has 1 aliphatic carbocycles. The van der Waals surface area contributed by atoms with Gasteiger partial charge in [-0.15, -0.1) is 0 Å². The van der Waals surface area contributed by atoms with Gasteiger partial charge in [0.2, 0.25) is 0 Å². The fourth-order valence-electron chi connectivity index (χ4n) is 3.50.